The standard InChI is InChI=1S/C20H25N3O3S2/c1-21(15-19-7-13-27-17-19)16-20(24)22-9-11-23(12-10-22)28(25,26)14-8-18-5-3-2-4-6-18/h2-8,13-14,17H,9-12,15-16H2,1H3/p+1/b14-8+. The highest BCUT2D eigenvalue weighted by atomic mass is 32.2. The van der Waals surface area contributed by atoms with Gasteiger partial charge in [0.2, 0.25) is 10.0 Å². The van der Waals surface area contributed by atoms with Crippen LogP contribution < -0.4 is 4.90 Å². The van der Waals surface area contributed by atoms with Crippen molar-refractivity contribution in [2.24, 2.45) is 0 Å². The van der Waals surface area contributed by atoms with Crippen LogP contribution in [-0.4, -0.2) is 63.3 Å². The van der Waals surface area contributed by atoms with E-state index in [4.69, 9.17) is 0 Å². The molecule has 2 aromatic rings. The summed E-state index contributed by atoms with van der Waals surface area (Å²) in [5.74, 6) is 0.0737. The van der Waals surface area contributed by atoms with Gasteiger partial charge in [0.1, 0.15) is 6.54 Å². The number of piperazine rings is 1. The summed E-state index contributed by atoms with van der Waals surface area (Å²) in [5, 5.41) is 5.38. The van der Waals surface area contributed by atoms with E-state index in [1.807, 2.05) is 42.8 Å². The Hall–Kier alpha value is -2.00. The molecule has 1 amide bonds. The maximum absolute atomic E-state index is 12.5. The first-order valence-electron chi connectivity index (χ1n) is 9.27. The summed E-state index contributed by atoms with van der Waals surface area (Å²) in [6, 6.07) is 11.4. The number of rotatable bonds is 7. The molecule has 1 fully saturated rings. The molecule has 1 N–H and O–H groups in total. The Morgan fingerprint density at radius 2 is 1.86 bits per heavy atom. The third-order valence-corrected chi connectivity index (χ3v) is 7.02. The second-order valence-electron chi connectivity index (χ2n) is 6.98. The lowest BCUT2D eigenvalue weighted by molar-refractivity contribution is -0.885. The molecule has 0 saturated carbocycles. The summed E-state index contributed by atoms with van der Waals surface area (Å²) in [6.07, 6.45) is 1.61. The number of quaternary nitrogens is 1. The highest BCUT2D eigenvalue weighted by Gasteiger charge is 2.28. The van der Waals surface area contributed by atoms with Gasteiger partial charge in [-0.25, -0.2) is 8.42 Å². The Kier molecular flexibility index (Phi) is 7.01. The molecule has 0 radical (unpaired) electrons. The summed E-state index contributed by atoms with van der Waals surface area (Å²) < 4.78 is 26.5. The number of nitrogens with zero attached hydrogens (tertiary/aromatic N) is 2. The smallest absolute Gasteiger partial charge is 0.277 e. The van der Waals surface area contributed by atoms with Crippen LogP contribution >= 0.6 is 11.3 Å². The van der Waals surface area contributed by atoms with Gasteiger partial charge in [-0.2, -0.15) is 15.6 Å². The molecule has 1 aliphatic heterocycles. The van der Waals surface area contributed by atoms with Gasteiger partial charge < -0.3 is 9.80 Å². The Morgan fingerprint density at radius 3 is 2.50 bits per heavy atom. The first-order chi connectivity index (χ1) is 13.4. The topological polar surface area (TPSA) is 62.1 Å². The van der Waals surface area contributed by atoms with Crippen LogP contribution in [0.2, 0.25) is 0 Å². The quantitative estimate of drug-likeness (QED) is 0.724. The van der Waals surface area contributed by atoms with E-state index in [-0.39, 0.29) is 5.91 Å². The molecule has 28 heavy (non-hydrogen) atoms. The molecule has 8 heteroatoms. The molecular formula is C20H26N3O3S2+. The number of sulfonamides is 1. The number of nitrogens with one attached hydrogen (secondary N) is 1. The van der Waals surface area contributed by atoms with Gasteiger partial charge in [-0.3, -0.25) is 4.79 Å². The minimum atomic E-state index is -3.48. The molecule has 0 aliphatic carbocycles. The minimum absolute atomic E-state index is 0.0737. The lowest BCUT2D eigenvalue weighted by atomic mass is 10.2. The number of amides is 1. The predicted molar refractivity (Wildman–Crippen MR) is 112 cm³/mol. The van der Waals surface area contributed by atoms with Crippen LogP contribution in [0, 0.1) is 0 Å². The van der Waals surface area contributed by atoms with Crippen molar-refractivity contribution >= 4 is 33.3 Å². The van der Waals surface area contributed by atoms with E-state index >= 15 is 0 Å². The zero-order valence-electron chi connectivity index (χ0n) is 16.0. The van der Waals surface area contributed by atoms with Gasteiger partial charge in [-0.05, 0) is 28.5 Å². The highest BCUT2D eigenvalue weighted by molar-refractivity contribution is 7.92. The number of likely N-dealkylation sites (N-methyl/N-ethyl adjacent to an activating group) is 1. The fourth-order valence-electron chi connectivity index (χ4n) is 3.18. The van der Waals surface area contributed by atoms with Crippen LogP contribution in [0.3, 0.4) is 0 Å². The molecule has 1 aromatic heterocycles. The Balaban J connectivity index is 1.49. The Morgan fingerprint density at radius 1 is 1.14 bits per heavy atom. The van der Waals surface area contributed by atoms with Crippen molar-refractivity contribution in [3.05, 3.63) is 63.7 Å². The van der Waals surface area contributed by atoms with Gasteiger partial charge in [0, 0.05) is 37.2 Å². The molecule has 1 unspecified atom stereocenters. The van der Waals surface area contributed by atoms with Crippen LogP contribution in [0.1, 0.15) is 11.1 Å². The molecule has 3 rings (SSSR count). The second kappa shape index (κ2) is 9.47. The van der Waals surface area contributed by atoms with Crippen LogP contribution in [-0.2, 0) is 21.4 Å². The van der Waals surface area contributed by atoms with Crippen molar-refractivity contribution in [2.45, 2.75) is 6.54 Å². The normalized spacial score (nSPS) is 17.1. The molecule has 0 bridgehead atoms. The van der Waals surface area contributed by atoms with Crippen molar-refractivity contribution in [3.63, 3.8) is 0 Å². The van der Waals surface area contributed by atoms with Crippen LogP contribution in [0.15, 0.2) is 52.6 Å². The number of hydrogen-bond acceptors (Lipinski definition) is 4. The summed E-state index contributed by atoms with van der Waals surface area (Å²) >= 11 is 1.66. The van der Waals surface area contributed by atoms with E-state index in [0.29, 0.717) is 32.7 Å². The van der Waals surface area contributed by atoms with E-state index in [0.717, 1.165) is 17.0 Å². The van der Waals surface area contributed by atoms with Crippen molar-refractivity contribution in [3.8, 4) is 0 Å². The number of thiophene rings is 1. The van der Waals surface area contributed by atoms with Crippen molar-refractivity contribution in [1.29, 1.82) is 0 Å². The van der Waals surface area contributed by atoms with E-state index in [9.17, 15) is 13.2 Å². The first kappa shape index (κ1) is 20.7. The number of hydrogen-bond donors (Lipinski definition) is 1. The van der Waals surface area contributed by atoms with Crippen molar-refractivity contribution < 1.29 is 18.1 Å². The number of carbonyl (C=O) groups excluding carboxylic acids is 1. The summed E-state index contributed by atoms with van der Waals surface area (Å²) in [6.45, 7) is 2.75. The van der Waals surface area contributed by atoms with Gasteiger partial charge in [-0.1, -0.05) is 30.3 Å². The van der Waals surface area contributed by atoms with E-state index in [1.54, 1.807) is 22.3 Å². The third-order valence-electron chi connectivity index (χ3n) is 4.72. The zero-order chi connectivity index (χ0) is 20.0. The Bertz CT molecular complexity index is 888. The maximum atomic E-state index is 12.5. The SMILES string of the molecule is C[NH+](CC(=O)N1CCN(S(=O)(=O)/C=C/c2ccccc2)CC1)Cc1ccsc1. The van der Waals surface area contributed by atoms with Gasteiger partial charge in [0.25, 0.3) is 5.91 Å². The summed E-state index contributed by atoms with van der Waals surface area (Å²) in [5.41, 5.74) is 2.08. The average Bonchev–Trinajstić information content (AvgIpc) is 3.20. The molecule has 1 saturated heterocycles. The number of benzene rings is 1. The molecular weight excluding hydrogens is 394 g/mol. The van der Waals surface area contributed by atoms with E-state index in [2.05, 4.69) is 11.4 Å². The van der Waals surface area contributed by atoms with E-state index < -0.39 is 10.0 Å². The molecule has 0 spiro atoms. The zero-order valence-corrected chi connectivity index (χ0v) is 17.6. The van der Waals surface area contributed by atoms with Crippen molar-refractivity contribution in [2.75, 3.05) is 39.8 Å². The summed E-state index contributed by atoms with van der Waals surface area (Å²) in [4.78, 5) is 15.4. The van der Waals surface area contributed by atoms with Crippen LogP contribution in [0.4, 0.5) is 0 Å². The Labute approximate surface area is 170 Å². The summed E-state index contributed by atoms with van der Waals surface area (Å²) in [7, 11) is -1.47. The molecule has 1 aromatic carbocycles. The minimum Gasteiger partial charge on any atom is -0.335 e. The lowest BCUT2D eigenvalue weighted by Gasteiger charge is -2.33. The maximum Gasteiger partial charge on any atom is 0.277 e. The van der Waals surface area contributed by atoms with Gasteiger partial charge in [-0.15, -0.1) is 0 Å². The average molecular weight is 421 g/mol. The van der Waals surface area contributed by atoms with E-state index in [1.165, 1.54) is 15.3 Å². The molecule has 1 atom stereocenters. The number of carbonyl (C=O) groups is 1. The molecule has 150 valence electrons. The second-order valence-corrected chi connectivity index (χ2v) is 9.58. The molecule has 1 aliphatic rings. The largest absolute Gasteiger partial charge is 0.335 e. The highest BCUT2D eigenvalue weighted by Crippen LogP contribution is 2.11. The monoisotopic (exact) mass is 420 g/mol. The lowest BCUT2D eigenvalue weighted by Crippen LogP contribution is -3.08. The fourth-order valence-corrected chi connectivity index (χ4v) is 5.02. The van der Waals surface area contributed by atoms with Crippen LogP contribution in [0.25, 0.3) is 6.08 Å². The van der Waals surface area contributed by atoms with Crippen molar-refractivity contribution in [1.82, 2.24) is 9.21 Å². The molecule has 2 heterocycles. The predicted octanol–water partition coefficient (Wildman–Crippen LogP) is 0.908. The van der Waals surface area contributed by atoms with Gasteiger partial charge in [0.05, 0.1) is 7.05 Å². The molecule has 6 nitrogen and oxygen atoms in total. The van der Waals surface area contributed by atoms with Crippen LogP contribution in [0.5, 0.6) is 0 Å². The van der Waals surface area contributed by atoms with Gasteiger partial charge in [0.15, 0.2) is 6.54 Å². The third kappa shape index (κ3) is 5.75. The fraction of sp³-hybridized carbons (Fsp3) is 0.350. The first-order valence-corrected chi connectivity index (χ1v) is 11.7. The van der Waals surface area contributed by atoms with Gasteiger partial charge >= 0.3 is 0 Å².